The van der Waals surface area contributed by atoms with Crippen LogP contribution in [0, 0.1) is 0 Å². The normalized spacial score (nSPS) is 12.8. The second kappa shape index (κ2) is 8.35. The van der Waals surface area contributed by atoms with Gasteiger partial charge in [-0.2, -0.15) is 0 Å². The van der Waals surface area contributed by atoms with Gasteiger partial charge >= 0.3 is 0 Å². The quantitative estimate of drug-likeness (QED) is 0.802. The van der Waals surface area contributed by atoms with Crippen LogP contribution in [0.1, 0.15) is 22.3 Å². The summed E-state index contributed by atoms with van der Waals surface area (Å²) in [5, 5.41) is 2.65. The van der Waals surface area contributed by atoms with E-state index < -0.39 is 5.91 Å². The first kappa shape index (κ1) is 18.4. The minimum Gasteiger partial charge on any atom is -0.484 e. The number of carbonyl (C=O) groups is 3. The molecule has 0 saturated heterocycles. The molecule has 0 spiro atoms. The van der Waals surface area contributed by atoms with Crippen molar-refractivity contribution in [1.29, 1.82) is 0 Å². The molecule has 7 nitrogen and oxygen atoms in total. The van der Waals surface area contributed by atoms with Crippen molar-refractivity contribution in [3.8, 4) is 5.75 Å². The minimum absolute atomic E-state index is 0.0763. The van der Waals surface area contributed by atoms with Crippen LogP contribution < -0.4 is 20.7 Å². The molecule has 3 amide bonds. The zero-order valence-corrected chi connectivity index (χ0v) is 14.8. The average molecular weight is 367 g/mol. The molecule has 0 radical (unpaired) electrons. The molecule has 0 saturated carbocycles. The Labute approximate surface area is 157 Å². The summed E-state index contributed by atoms with van der Waals surface area (Å²) in [6, 6.07) is 14.1. The van der Waals surface area contributed by atoms with Crippen LogP contribution in [0.25, 0.3) is 0 Å². The molecule has 1 aliphatic heterocycles. The van der Waals surface area contributed by atoms with Crippen molar-refractivity contribution in [2.75, 3.05) is 24.6 Å². The summed E-state index contributed by atoms with van der Waals surface area (Å²) in [6.07, 6.45) is 1.86. The first-order valence-electron chi connectivity index (χ1n) is 8.72. The second-order valence-corrected chi connectivity index (χ2v) is 6.24. The standard InChI is InChI=1S/C20H21N3O4/c21-18(24)13-27-16-9-7-15(8-10-16)20(26)22-12-19(25)23-11-3-5-14-4-1-2-6-17(14)23/h1-2,4,6-10H,3,5,11-13H2,(H2,21,24)(H,22,26). The Hall–Kier alpha value is -3.35. The first-order chi connectivity index (χ1) is 13.0. The molecule has 1 heterocycles. The van der Waals surface area contributed by atoms with Gasteiger partial charge in [-0.15, -0.1) is 0 Å². The van der Waals surface area contributed by atoms with Crippen LogP contribution in [0.4, 0.5) is 5.69 Å². The lowest BCUT2D eigenvalue weighted by atomic mass is 10.0. The van der Waals surface area contributed by atoms with Crippen molar-refractivity contribution in [3.05, 3.63) is 59.7 Å². The van der Waals surface area contributed by atoms with Crippen molar-refractivity contribution < 1.29 is 19.1 Å². The van der Waals surface area contributed by atoms with Gasteiger partial charge in [-0.25, -0.2) is 0 Å². The fourth-order valence-corrected chi connectivity index (χ4v) is 3.00. The summed E-state index contributed by atoms with van der Waals surface area (Å²) < 4.78 is 5.15. The van der Waals surface area contributed by atoms with E-state index in [-0.39, 0.29) is 25.0 Å². The van der Waals surface area contributed by atoms with Crippen LogP contribution in [0.3, 0.4) is 0 Å². The third-order valence-corrected chi connectivity index (χ3v) is 4.31. The Morgan fingerprint density at radius 3 is 2.56 bits per heavy atom. The van der Waals surface area contributed by atoms with E-state index in [0.29, 0.717) is 17.9 Å². The summed E-state index contributed by atoms with van der Waals surface area (Å²) in [5.41, 5.74) is 7.47. The molecule has 0 atom stereocenters. The van der Waals surface area contributed by atoms with Crippen molar-refractivity contribution in [2.45, 2.75) is 12.8 Å². The lowest BCUT2D eigenvalue weighted by Gasteiger charge is -2.29. The van der Waals surface area contributed by atoms with E-state index in [9.17, 15) is 14.4 Å². The van der Waals surface area contributed by atoms with Gasteiger partial charge in [-0.1, -0.05) is 18.2 Å². The molecule has 3 N–H and O–H groups in total. The summed E-state index contributed by atoms with van der Waals surface area (Å²) in [7, 11) is 0. The number of nitrogens with two attached hydrogens (primary N) is 1. The summed E-state index contributed by atoms with van der Waals surface area (Å²) >= 11 is 0. The first-order valence-corrected chi connectivity index (χ1v) is 8.72. The Morgan fingerprint density at radius 1 is 1.07 bits per heavy atom. The predicted octanol–water partition coefficient (Wildman–Crippen LogP) is 1.26. The number of nitrogens with zero attached hydrogens (tertiary/aromatic N) is 1. The molecule has 0 aromatic heterocycles. The molecule has 0 unspecified atom stereocenters. The summed E-state index contributed by atoms with van der Waals surface area (Å²) in [5.74, 6) is -0.632. The number of para-hydroxylation sites is 1. The van der Waals surface area contributed by atoms with Crippen molar-refractivity contribution >= 4 is 23.4 Å². The number of nitrogens with one attached hydrogen (secondary N) is 1. The maximum atomic E-state index is 12.5. The topological polar surface area (TPSA) is 102 Å². The Morgan fingerprint density at radius 2 is 1.81 bits per heavy atom. The maximum absolute atomic E-state index is 12.5. The number of rotatable bonds is 6. The maximum Gasteiger partial charge on any atom is 0.255 e. The molecule has 7 heteroatoms. The molecular formula is C20H21N3O4. The zero-order chi connectivity index (χ0) is 19.2. The molecular weight excluding hydrogens is 346 g/mol. The largest absolute Gasteiger partial charge is 0.484 e. The van der Waals surface area contributed by atoms with E-state index in [1.54, 1.807) is 29.2 Å². The zero-order valence-electron chi connectivity index (χ0n) is 14.8. The molecule has 27 heavy (non-hydrogen) atoms. The van der Waals surface area contributed by atoms with E-state index in [1.165, 1.54) is 0 Å². The number of carbonyl (C=O) groups excluding carboxylic acids is 3. The molecule has 3 rings (SSSR count). The second-order valence-electron chi connectivity index (χ2n) is 6.24. The molecule has 0 fully saturated rings. The van der Waals surface area contributed by atoms with Crippen LogP contribution in [0.15, 0.2) is 48.5 Å². The van der Waals surface area contributed by atoms with Crippen molar-refractivity contribution in [1.82, 2.24) is 5.32 Å². The third kappa shape index (κ3) is 4.63. The SMILES string of the molecule is NC(=O)COc1ccc(C(=O)NCC(=O)N2CCCc3ccccc32)cc1. The lowest BCUT2D eigenvalue weighted by Crippen LogP contribution is -2.42. The van der Waals surface area contributed by atoms with Crippen LogP contribution >= 0.6 is 0 Å². The van der Waals surface area contributed by atoms with E-state index in [2.05, 4.69) is 5.32 Å². The molecule has 140 valence electrons. The van der Waals surface area contributed by atoms with Gasteiger partial charge in [-0.3, -0.25) is 14.4 Å². The van der Waals surface area contributed by atoms with Gasteiger partial charge < -0.3 is 20.7 Å². The fourth-order valence-electron chi connectivity index (χ4n) is 3.00. The van der Waals surface area contributed by atoms with Crippen molar-refractivity contribution in [3.63, 3.8) is 0 Å². The predicted molar refractivity (Wildman–Crippen MR) is 101 cm³/mol. The minimum atomic E-state index is -0.574. The monoisotopic (exact) mass is 367 g/mol. The average Bonchev–Trinajstić information content (AvgIpc) is 2.70. The van der Waals surface area contributed by atoms with Gasteiger partial charge in [0.05, 0.1) is 6.54 Å². The van der Waals surface area contributed by atoms with Gasteiger partial charge in [0.25, 0.3) is 11.8 Å². The summed E-state index contributed by atoms with van der Waals surface area (Å²) in [4.78, 5) is 37.2. The van der Waals surface area contributed by atoms with Gasteiger partial charge in [0.1, 0.15) is 5.75 Å². The van der Waals surface area contributed by atoms with E-state index in [0.717, 1.165) is 24.1 Å². The fraction of sp³-hybridized carbons (Fsp3) is 0.250. The number of amides is 3. The summed E-state index contributed by atoms with van der Waals surface area (Å²) in [6.45, 7) is 0.349. The van der Waals surface area contributed by atoms with E-state index in [1.807, 2.05) is 24.3 Å². The third-order valence-electron chi connectivity index (χ3n) is 4.31. The Balaban J connectivity index is 1.56. The molecule has 2 aromatic carbocycles. The number of primary amides is 1. The number of hydrogen-bond acceptors (Lipinski definition) is 4. The Bertz CT molecular complexity index is 849. The van der Waals surface area contributed by atoms with Gasteiger partial charge in [0, 0.05) is 17.8 Å². The van der Waals surface area contributed by atoms with Crippen LogP contribution in [0.2, 0.25) is 0 Å². The highest BCUT2D eigenvalue weighted by molar-refractivity contribution is 6.01. The van der Waals surface area contributed by atoms with Gasteiger partial charge in [0.15, 0.2) is 6.61 Å². The number of anilines is 1. The Kier molecular flexibility index (Phi) is 5.71. The number of aryl methyl sites for hydroxylation is 1. The van der Waals surface area contributed by atoms with Crippen molar-refractivity contribution in [2.24, 2.45) is 5.73 Å². The lowest BCUT2D eigenvalue weighted by molar-refractivity contribution is -0.120. The number of hydrogen-bond donors (Lipinski definition) is 2. The van der Waals surface area contributed by atoms with Gasteiger partial charge in [-0.05, 0) is 48.7 Å². The van der Waals surface area contributed by atoms with Crippen LogP contribution in [-0.2, 0) is 16.0 Å². The number of ether oxygens (including phenoxy) is 1. The van der Waals surface area contributed by atoms with Gasteiger partial charge in [0.2, 0.25) is 5.91 Å². The number of fused-ring (bicyclic) bond motifs is 1. The van der Waals surface area contributed by atoms with Crippen LogP contribution in [0.5, 0.6) is 5.75 Å². The number of benzene rings is 2. The highest BCUT2D eigenvalue weighted by Gasteiger charge is 2.22. The highest BCUT2D eigenvalue weighted by Crippen LogP contribution is 2.26. The molecule has 2 aromatic rings. The highest BCUT2D eigenvalue weighted by atomic mass is 16.5. The van der Waals surface area contributed by atoms with E-state index >= 15 is 0 Å². The molecule has 0 aliphatic carbocycles. The smallest absolute Gasteiger partial charge is 0.255 e. The van der Waals surface area contributed by atoms with Crippen LogP contribution in [-0.4, -0.2) is 37.4 Å². The molecule has 1 aliphatic rings. The van der Waals surface area contributed by atoms with E-state index in [4.69, 9.17) is 10.5 Å². The molecule has 0 bridgehead atoms.